The van der Waals surface area contributed by atoms with Gasteiger partial charge in [0.05, 0.1) is 19.3 Å². The molecule has 0 spiro atoms. The van der Waals surface area contributed by atoms with Crippen LogP contribution >= 0.6 is 0 Å². The zero-order valence-electron chi connectivity index (χ0n) is 17.2. The van der Waals surface area contributed by atoms with Crippen molar-refractivity contribution in [3.8, 4) is 0 Å². The number of aliphatic hydroxyl groups excluding tert-OH is 5. The molecule has 2 heterocycles. The summed E-state index contributed by atoms with van der Waals surface area (Å²) in [4.78, 5) is 0. The highest BCUT2D eigenvalue weighted by Gasteiger charge is 2.59. The lowest BCUT2D eigenvalue weighted by Gasteiger charge is -2.50. The van der Waals surface area contributed by atoms with Gasteiger partial charge in [-0.1, -0.05) is 20.8 Å². The van der Waals surface area contributed by atoms with Gasteiger partial charge in [0.1, 0.15) is 36.6 Å². The number of hydrogen-bond acceptors (Lipinski definition) is 12. The van der Waals surface area contributed by atoms with Gasteiger partial charge in [-0.3, -0.25) is 0 Å². The summed E-state index contributed by atoms with van der Waals surface area (Å²) < 4.78 is 15.9. The third-order valence-electron chi connectivity index (χ3n) is 5.52. The van der Waals surface area contributed by atoms with E-state index in [0.717, 1.165) is 0 Å². The Balaban J connectivity index is 2.25. The first-order valence-electron chi connectivity index (χ1n) is 9.78. The van der Waals surface area contributed by atoms with Gasteiger partial charge in [-0.2, -0.15) is 0 Å². The second kappa shape index (κ2) is 9.17. The Labute approximate surface area is 173 Å². The van der Waals surface area contributed by atoms with Crippen LogP contribution in [0.3, 0.4) is 0 Å². The molecule has 0 amide bonds. The molecule has 0 aliphatic carbocycles. The summed E-state index contributed by atoms with van der Waals surface area (Å²) in [5.41, 5.74) is -0.131. The summed E-state index contributed by atoms with van der Waals surface area (Å²) in [5.74, 6) is -5.91. The van der Waals surface area contributed by atoms with E-state index in [-0.39, 0.29) is 11.8 Å². The average molecular weight is 442 g/mol. The highest BCUT2D eigenvalue weighted by atomic mass is 16.7. The molecule has 0 aromatic heterocycles. The lowest BCUT2D eigenvalue weighted by molar-refractivity contribution is -0.424. The quantitative estimate of drug-likeness (QED) is 0.181. The van der Waals surface area contributed by atoms with Crippen LogP contribution in [0.5, 0.6) is 0 Å². The molecule has 9 N–H and O–H groups in total. The van der Waals surface area contributed by atoms with Crippen molar-refractivity contribution in [3.05, 3.63) is 0 Å². The maximum atomic E-state index is 10.7. The van der Waals surface area contributed by atoms with Crippen molar-refractivity contribution in [2.24, 2.45) is 5.41 Å². The van der Waals surface area contributed by atoms with E-state index in [2.05, 4.69) is 0 Å². The Morgan fingerprint density at radius 2 is 1.37 bits per heavy atom. The fourth-order valence-electron chi connectivity index (χ4n) is 3.56. The molecular weight excluding hydrogens is 408 g/mol. The van der Waals surface area contributed by atoms with Crippen LogP contribution in [0.4, 0.5) is 0 Å². The van der Waals surface area contributed by atoms with Crippen molar-refractivity contribution in [2.75, 3.05) is 13.2 Å². The Bertz CT molecular complexity index is 558. The topological polar surface area (TPSA) is 210 Å². The molecule has 12 heteroatoms. The first kappa shape index (κ1) is 25.8. The van der Waals surface area contributed by atoms with Crippen molar-refractivity contribution in [3.63, 3.8) is 0 Å². The van der Waals surface area contributed by atoms with Crippen LogP contribution in [-0.2, 0) is 14.2 Å². The molecule has 30 heavy (non-hydrogen) atoms. The minimum Gasteiger partial charge on any atom is -0.393 e. The van der Waals surface area contributed by atoms with Gasteiger partial charge in [-0.15, -0.1) is 0 Å². The van der Waals surface area contributed by atoms with Crippen LogP contribution in [0.25, 0.3) is 0 Å². The Morgan fingerprint density at radius 1 is 0.833 bits per heavy atom. The highest BCUT2D eigenvalue weighted by Crippen LogP contribution is 2.37. The molecule has 0 aromatic carbocycles. The summed E-state index contributed by atoms with van der Waals surface area (Å²) in [6.07, 6.45) is -13.2. The van der Waals surface area contributed by atoms with Crippen molar-refractivity contribution >= 4 is 0 Å². The molecule has 2 rings (SSSR count). The summed E-state index contributed by atoms with van der Waals surface area (Å²) in [6, 6.07) is 0. The van der Waals surface area contributed by atoms with Crippen LogP contribution in [0.15, 0.2) is 0 Å². The van der Waals surface area contributed by atoms with Crippen molar-refractivity contribution in [2.45, 2.75) is 94.2 Å². The third-order valence-corrected chi connectivity index (χ3v) is 5.52. The zero-order chi connectivity index (χ0) is 23.1. The SMILES string of the molecule is CC(C)(C)CC[C@@H]1OC(CO)C(O)(O)[C@H](O[C@H]2OC(CO)C(O)(O)[C@H](O)C2O)C1O. The van der Waals surface area contributed by atoms with Crippen LogP contribution < -0.4 is 0 Å². The van der Waals surface area contributed by atoms with Crippen molar-refractivity contribution in [1.29, 1.82) is 0 Å². The van der Waals surface area contributed by atoms with E-state index in [9.17, 15) is 46.0 Å². The molecule has 0 radical (unpaired) electrons. The predicted molar refractivity (Wildman–Crippen MR) is 97.4 cm³/mol. The predicted octanol–water partition coefficient (Wildman–Crippen LogP) is -3.88. The normalized spacial score (nSPS) is 41.6. The van der Waals surface area contributed by atoms with Crippen molar-refractivity contribution < 1.29 is 60.2 Å². The van der Waals surface area contributed by atoms with E-state index in [1.807, 2.05) is 20.8 Å². The highest BCUT2D eigenvalue weighted by molar-refractivity contribution is 5.00. The third kappa shape index (κ3) is 5.11. The van der Waals surface area contributed by atoms with Gasteiger partial charge in [0, 0.05) is 0 Å². The van der Waals surface area contributed by atoms with Crippen molar-refractivity contribution in [1.82, 2.24) is 0 Å². The van der Waals surface area contributed by atoms with E-state index in [1.54, 1.807) is 0 Å². The number of aliphatic hydroxyl groups is 9. The Hall–Kier alpha value is -0.480. The lowest BCUT2D eigenvalue weighted by atomic mass is 9.84. The number of ether oxygens (including phenoxy) is 3. The van der Waals surface area contributed by atoms with E-state index in [4.69, 9.17) is 14.2 Å². The van der Waals surface area contributed by atoms with Gasteiger partial charge >= 0.3 is 0 Å². The summed E-state index contributed by atoms with van der Waals surface area (Å²) in [7, 11) is 0. The number of hydrogen-bond donors (Lipinski definition) is 9. The van der Waals surface area contributed by atoms with E-state index < -0.39 is 73.8 Å². The minimum absolute atomic E-state index is 0.131. The van der Waals surface area contributed by atoms with Gasteiger partial charge in [-0.05, 0) is 18.3 Å². The number of rotatable bonds is 6. The van der Waals surface area contributed by atoms with Crippen LogP contribution in [-0.4, -0.2) is 120 Å². The zero-order valence-corrected chi connectivity index (χ0v) is 17.2. The Kier molecular flexibility index (Phi) is 7.88. The average Bonchev–Trinajstić information content (AvgIpc) is 2.63. The summed E-state index contributed by atoms with van der Waals surface area (Å²) in [6.45, 7) is 4.09. The molecule has 2 aliphatic rings. The van der Waals surface area contributed by atoms with Gasteiger partial charge in [0.15, 0.2) is 6.29 Å². The maximum absolute atomic E-state index is 10.7. The molecular formula is C18H34O12. The maximum Gasteiger partial charge on any atom is 0.222 e. The molecule has 4 unspecified atom stereocenters. The standard InChI is InChI=1S/C18H34O12/c1-16(2,3)5-4-8-11(21)14(18(26,27)10(7-20)28-8)30-15-12(22)13(23)17(24,25)9(6-19)29-15/h8-15,19-27H,4-7H2,1-3H3/t8-,9?,10?,11?,12?,13+,14+,15+/m0/s1. The molecule has 0 saturated carbocycles. The Morgan fingerprint density at radius 3 is 1.87 bits per heavy atom. The van der Waals surface area contributed by atoms with Crippen LogP contribution in [0.2, 0.25) is 0 Å². The molecule has 178 valence electrons. The molecule has 12 nitrogen and oxygen atoms in total. The van der Waals surface area contributed by atoms with E-state index >= 15 is 0 Å². The second-order valence-corrected chi connectivity index (χ2v) is 9.17. The van der Waals surface area contributed by atoms with Gasteiger partial charge in [0.2, 0.25) is 11.6 Å². The van der Waals surface area contributed by atoms with Gasteiger partial charge in [-0.25, -0.2) is 0 Å². The fourth-order valence-corrected chi connectivity index (χ4v) is 3.56. The summed E-state index contributed by atoms with van der Waals surface area (Å²) >= 11 is 0. The largest absolute Gasteiger partial charge is 0.393 e. The summed E-state index contributed by atoms with van der Waals surface area (Å²) in [5, 5.41) is 90.1. The smallest absolute Gasteiger partial charge is 0.222 e. The van der Waals surface area contributed by atoms with Gasteiger partial charge in [0.25, 0.3) is 0 Å². The molecule has 2 saturated heterocycles. The minimum atomic E-state index is -3.00. The van der Waals surface area contributed by atoms with E-state index in [0.29, 0.717) is 6.42 Å². The first-order chi connectivity index (χ1) is 13.7. The van der Waals surface area contributed by atoms with E-state index in [1.165, 1.54) is 0 Å². The van der Waals surface area contributed by atoms with Crippen LogP contribution in [0.1, 0.15) is 33.6 Å². The van der Waals surface area contributed by atoms with Crippen LogP contribution in [0, 0.1) is 5.41 Å². The fraction of sp³-hybridized carbons (Fsp3) is 1.00. The molecule has 2 aliphatic heterocycles. The molecule has 0 aromatic rings. The molecule has 2 fully saturated rings. The monoisotopic (exact) mass is 442 g/mol. The second-order valence-electron chi connectivity index (χ2n) is 9.17. The molecule has 0 bridgehead atoms. The van der Waals surface area contributed by atoms with Gasteiger partial charge < -0.3 is 60.2 Å². The molecule has 8 atom stereocenters. The lowest BCUT2D eigenvalue weighted by Crippen LogP contribution is -2.71. The first-order valence-corrected chi connectivity index (χ1v) is 9.78.